The first-order chi connectivity index (χ1) is 11.1. The molecule has 0 saturated carbocycles. The Labute approximate surface area is 134 Å². The van der Waals surface area contributed by atoms with Crippen molar-refractivity contribution in [3.63, 3.8) is 0 Å². The van der Waals surface area contributed by atoms with Crippen molar-refractivity contribution in [2.75, 3.05) is 18.1 Å². The molecule has 3 N–H and O–H groups in total. The van der Waals surface area contributed by atoms with Gasteiger partial charge in [-0.3, -0.25) is 0 Å². The van der Waals surface area contributed by atoms with Gasteiger partial charge in [-0.15, -0.1) is 0 Å². The molecule has 1 aromatic carbocycles. The SMILES string of the molecule is CCn1nc(C#Cc2cc(NC)ccc2C)c2c(N)ncnc21. The number of nitrogens with one attached hydrogen (secondary N) is 1. The van der Waals surface area contributed by atoms with Gasteiger partial charge in [-0.25, -0.2) is 14.6 Å². The van der Waals surface area contributed by atoms with E-state index < -0.39 is 0 Å². The Morgan fingerprint density at radius 1 is 1.26 bits per heavy atom. The predicted octanol–water partition coefficient (Wildman–Crippen LogP) is 2.18. The van der Waals surface area contributed by atoms with E-state index in [1.807, 2.05) is 39.1 Å². The van der Waals surface area contributed by atoms with Crippen molar-refractivity contribution in [3.05, 3.63) is 41.3 Å². The summed E-state index contributed by atoms with van der Waals surface area (Å²) < 4.78 is 1.79. The summed E-state index contributed by atoms with van der Waals surface area (Å²) in [5.74, 6) is 6.71. The molecule has 0 radical (unpaired) electrons. The molecular formula is C17H18N6. The van der Waals surface area contributed by atoms with Crippen LogP contribution in [0.15, 0.2) is 24.5 Å². The molecule has 6 heteroatoms. The van der Waals surface area contributed by atoms with Crippen LogP contribution in [0.3, 0.4) is 0 Å². The van der Waals surface area contributed by atoms with Crippen LogP contribution in [0.1, 0.15) is 23.7 Å². The van der Waals surface area contributed by atoms with Crippen LogP contribution in [0.4, 0.5) is 11.5 Å². The Hall–Kier alpha value is -3.07. The van der Waals surface area contributed by atoms with Gasteiger partial charge in [0, 0.05) is 24.8 Å². The van der Waals surface area contributed by atoms with Crippen molar-refractivity contribution in [2.45, 2.75) is 20.4 Å². The molecule has 116 valence electrons. The largest absolute Gasteiger partial charge is 0.388 e. The van der Waals surface area contributed by atoms with Gasteiger partial charge in [0.15, 0.2) is 5.65 Å². The lowest BCUT2D eigenvalue weighted by Gasteiger charge is -2.02. The average molecular weight is 306 g/mol. The fraction of sp³-hybridized carbons (Fsp3) is 0.235. The first kappa shape index (κ1) is 14.9. The summed E-state index contributed by atoms with van der Waals surface area (Å²) in [6.07, 6.45) is 1.45. The second kappa shape index (κ2) is 5.97. The van der Waals surface area contributed by atoms with E-state index in [-0.39, 0.29) is 0 Å². The summed E-state index contributed by atoms with van der Waals surface area (Å²) in [5.41, 5.74) is 10.4. The van der Waals surface area contributed by atoms with Gasteiger partial charge in [0.2, 0.25) is 0 Å². The van der Waals surface area contributed by atoms with Gasteiger partial charge < -0.3 is 11.1 Å². The predicted molar refractivity (Wildman–Crippen MR) is 92.1 cm³/mol. The fourth-order valence-electron chi connectivity index (χ4n) is 2.38. The molecule has 2 heterocycles. The minimum absolute atomic E-state index is 0.402. The van der Waals surface area contributed by atoms with Crippen LogP contribution in [-0.2, 0) is 6.54 Å². The van der Waals surface area contributed by atoms with Crippen molar-refractivity contribution >= 4 is 22.5 Å². The lowest BCUT2D eigenvalue weighted by Crippen LogP contribution is -1.98. The van der Waals surface area contributed by atoms with Crippen LogP contribution in [0, 0.1) is 18.8 Å². The third-order valence-electron chi connectivity index (χ3n) is 3.70. The third-order valence-corrected chi connectivity index (χ3v) is 3.70. The molecule has 0 unspecified atom stereocenters. The molecule has 3 aromatic rings. The molecule has 0 amide bonds. The standard InChI is InChI=1S/C17H18N6/c1-4-23-17-15(16(18)20-10-21-17)14(22-23)8-6-12-9-13(19-3)7-5-11(12)2/h5,7,9-10,19H,4H2,1-3H3,(H2,18,20,21). The van der Waals surface area contributed by atoms with E-state index in [1.165, 1.54) is 6.33 Å². The molecule has 0 aliphatic carbocycles. The van der Waals surface area contributed by atoms with Crippen LogP contribution in [-0.4, -0.2) is 26.8 Å². The number of fused-ring (bicyclic) bond motifs is 1. The van der Waals surface area contributed by atoms with Gasteiger partial charge in [0.25, 0.3) is 0 Å². The van der Waals surface area contributed by atoms with E-state index in [4.69, 9.17) is 5.73 Å². The number of nitrogens with two attached hydrogens (primary N) is 1. The number of hydrogen-bond acceptors (Lipinski definition) is 5. The van der Waals surface area contributed by atoms with Gasteiger partial charge in [-0.2, -0.15) is 5.10 Å². The van der Waals surface area contributed by atoms with Crippen LogP contribution in [0.25, 0.3) is 11.0 Å². The number of hydrogen-bond donors (Lipinski definition) is 2. The number of nitrogens with zero attached hydrogens (tertiary/aromatic N) is 4. The van der Waals surface area contributed by atoms with Crippen molar-refractivity contribution < 1.29 is 0 Å². The lowest BCUT2D eigenvalue weighted by atomic mass is 10.1. The summed E-state index contributed by atoms with van der Waals surface area (Å²) in [7, 11) is 1.89. The topological polar surface area (TPSA) is 81.7 Å². The van der Waals surface area contributed by atoms with Crippen molar-refractivity contribution in [3.8, 4) is 11.8 Å². The van der Waals surface area contributed by atoms with Gasteiger partial charge in [0.05, 0.1) is 5.39 Å². The lowest BCUT2D eigenvalue weighted by molar-refractivity contribution is 0.673. The van der Waals surface area contributed by atoms with Gasteiger partial charge >= 0.3 is 0 Å². The highest BCUT2D eigenvalue weighted by Gasteiger charge is 2.12. The minimum atomic E-state index is 0.402. The second-order valence-corrected chi connectivity index (χ2v) is 5.15. The summed E-state index contributed by atoms with van der Waals surface area (Å²) in [6.45, 7) is 4.73. The maximum atomic E-state index is 5.99. The molecule has 0 saturated heterocycles. The molecule has 3 rings (SSSR count). The molecule has 0 atom stereocenters. The van der Waals surface area contributed by atoms with E-state index in [0.717, 1.165) is 16.8 Å². The van der Waals surface area contributed by atoms with Crippen LogP contribution < -0.4 is 11.1 Å². The third kappa shape index (κ3) is 2.69. The number of aryl methyl sites for hydroxylation is 2. The maximum Gasteiger partial charge on any atom is 0.164 e. The average Bonchev–Trinajstić information content (AvgIpc) is 2.93. The number of aromatic nitrogens is 4. The van der Waals surface area contributed by atoms with E-state index in [9.17, 15) is 0 Å². The summed E-state index contributed by atoms with van der Waals surface area (Å²) in [5, 5.41) is 8.33. The molecule has 0 aliphatic heterocycles. The monoisotopic (exact) mass is 306 g/mol. The Morgan fingerprint density at radius 2 is 2.09 bits per heavy atom. The van der Waals surface area contributed by atoms with Crippen LogP contribution in [0.2, 0.25) is 0 Å². The fourth-order valence-corrected chi connectivity index (χ4v) is 2.38. The number of benzene rings is 1. The van der Waals surface area contributed by atoms with Gasteiger partial charge in [-0.1, -0.05) is 12.0 Å². The molecule has 2 aromatic heterocycles. The minimum Gasteiger partial charge on any atom is -0.388 e. The highest BCUT2D eigenvalue weighted by molar-refractivity contribution is 5.90. The Morgan fingerprint density at radius 3 is 2.83 bits per heavy atom. The maximum absolute atomic E-state index is 5.99. The highest BCUT2D eigenvalue weighted by Crippen LogP contribution is 2.21. The Kier molecular flexibility index (Phi) is 3.85. The first-order valence-electron chi connectivity index (χ1n) is 7.41. The van der Waals surface area contributed by atoms with Crippen molar-refractivity contribution in [1.29, 1.82) is 0 Å². The highest BCUT2D eigenvalue weighted by atomic mass is 15.3. The van der Waals surface area contributed by atoms with E-state index in [0.29, 0.717) is 29.1 Å². The van der Waals surface area contributed by atoms with E-state index in [1.54, 1.807) is 4.68 Å². The Balaban J connectivity index is 2.14. The van der Waals surface area contributed by atoms with Crippen molar-refractivity contribution in [2.24, 2.45) is 0 Å². The summed E-state index contributed by atoms with van der Waals surface area (Å²) in [4.78, 5) is 8.32. The molecular weight excluding hydrogens is 288 g/mol. The number of anilines is 2. The molecule has 0 aliphatic rings. The zero-order valence-electron chi connectivity index (χ0n) is 13.4. The van der Waals surface area contributed by atoms with Crippen molar-refractivity contribution in [1.82, 2.24) is 19.7 Å². The first-order valence-corrected chi connectivity index (χ1v) is 7.41. The summed E-state index contributed by atoms with van der Waals surface area (Å²) in [6, 6.07) is 6.07. The molecule has 6 nitrogen and oxygen atoms in total. The number of nitrogen functional groups attached to an aromatic ring is 1. The zero-order valence-corrected chi connectivity index (χ0v) is 13.4. The summed E-state index contributed by atoms with van der Waals surface area (Å²) >= 11 is 0. The Bertz CT molecular complexity index is 929. The zero-order chi connectivity index (χ0) is 16.4. The molecule has 0 spiro atoms. The quantitative estimate of drug-likeness (QED) is 0.709. The second-order valence-electron chi connectivity index (χ2n) is 5.15. The number of rotatable bonds is 2. The molecule has 0 fully saturated rings. The van der Waals surface area contributed by atoms with E-state index in [2.05, 4.69) is 32.2 Å². The normalized spacial score (nSPS) is 10.4. The van der Waals surface area contributed by atoms with E-state index >= 15 is 0 Å². The smallest absolute Gasteiger partial charge is 0.164 e. The van der Waals surface area contributed by atoms with Crippen LogP contribution in [0.5, 0.6) is 0 Å². The molecule has 23 heavy (non-hydrogen) atoms. The van der Waals surface area contributed by atoms with Crippen LogP contribution >= 0.6 is 0 Å². The molecule has 0 bridgehead atoms. The van der Waals surface area contributed by atoms with Gasteiger partial charge in [0.1, 0.15) is 17.8 Å². The van der Waals surface area contributed by atoms with Gasteiger partial charge in [-0.05, 0) is 37.5 Å².